The van der Waals surface area contributed by atoms with E-state index in [-0.39, 0.29) is 0 Å². The number of hydrogen-bond donors (Lipinski definition) is 1. The lowest BCUT2D eigenvalue weighted by Gasteiger charge is -2.31. The van der Waals surface area contributed by atoms with E-state index in [4.69, 9.17) is 5.73 Å². The molecule has 1 atom stereocenters. The highest BCUT2D eigenvalue weighted by Gasteiger charge is 2.26. The van der Waals surface area contributed by atoms with E-state index in [0.29, 0.717) is 10.8 Å². The largest absolute Gasteiger partial charge is 0.329 e. The van der Waals surface area contributed by atoms with Gasteiger partial charge in [0.15, 0.2) is 0 Å². The van der Waals surface area contributed by atoms with Crippen LogP contribution in [-0.2, 0) is 0 Å². The van der Waals surface area contributed by atoms with Crippen LogP contribution in [-0.4, -0.2) is 41.1 Å². The van der Waals surface area contributed by atoms with Crippen LogP contribution in [0.4, 0.5) is 0 Å². The van der Waals surface area contributed by atoms with Crippen molar-refractivity contribution in [2.75, 3.05) is 25.4 Å². The molecule has 0 aliphatic carbocycles. The number of nitrogens with zero attached hydrogens (tertiary/aromatic N) is 1. The maximum absolute atomic E-state index is 5.92. The van der Waals surface area contributed by atoms with Gasteiger partial charge in [-0.25, -0.2) is 0 Å². The molecule has 0 aromatic carbocycles. The molecule has 0 saturated carbocycles. The highest BCUT2D eigenvalue weighted by Crippen LogP contribution is 2.31. The second-order valence-electron chi connectivity index (χ2n) is 5.91. The molecule has 0 radical (unpaired) electrons. The van der Waals surface area contributed by atoms with Crippen molar-refractivity contribution in [3.63, 3.8) is 0 Å². The molecule has 1 fully saturated rings. The van der Waals surface area contributed by atoms with Crippen LogP contribution in [0.15, 0.2) is 0 Å². The van der Waals surface area contributed by atoms with E-state index in [2.05, 4.69) is 44.4 Å². The van der Waals surface area contributed by atoms with Gasteiger partial charge in [-0.3, -0.25) is 4.90 Å². The van der Waals surface area contributed by atoms with Gasteiger partial charge in [0.2, 0.25) is 0 Å². The Bertz CT molecular complexity index is 204. The summed E-state index contributed by atoms with van der Waals surface area (Å²) in [5.41, 5.74) is 5.92. The molecule has 0 bridgehead atoms. The third-order valence-electron chi connectivity index (χ3n) is 3.40. The topological polar surface area (TPSA) is 29.3 Å². The fourth-order valence-corrected chi connectivity index (χ4v) is 3.45. The Labute approximate surface area is 105 Å². The lowest BCUT2D eigenvalue weighted by Crippen LogP contribution is -2.43. The smallest absolute Gasteiger partial charge is 0.0221 e. The first-order valence-electron chi connectivity index (χ1n) is 6.52. The molecular formula is C13H28N2S. The van der Waals surface area contributed by atoms with E-state index in [1.54, 1.807) is 0 Å². The van der Waals surface area contributed by atoms with Gasteiger partial charge in [0.25, 0.3) is 0 Å². The van der Waals surface area contributed by atoms with E-state index < -0.39 is 0 Å². The Morgan fingerprint density at radius 1 is 1.31 bits per heavy atom. The molecule has 2 nitrogen and oxygen atoms in total. The van der Waals surface area contributed by atoms with Gasteiger partial charge in [-0.05, 0) is 25.3 Å². The van der Waals surface area contributed by atoms with Gasteiger partial charge in [-0.15, -0.1) is 0 Å². The van der Waals surface area contributed by atoms with E-state index >= 15 is 0 Å². The summed E-state index contributed by atoms with van der Waals surface area (Å²) in [6, 6.07) is 0.592. The predicted molar refractivity (Wildman–Crippen MR) is 75.0 cm³/mol. The average Bonchev–Trinajstić information content (AvgIpc) is 2.35. The molecule has 0 amide bonds. The highest BCUT2D eigenvalue weighted by molar-refractivity contribution is 8.00. The van der Waals surface area contributed by atoms with Gasteiger partial charge < -0.3 is 5.73 Å². The SMILES string of the molecule is CC(C)CC(CN)N1CCSC(C)(C)CC1. The van der Waals surface area contributed by atoms with Crippen LogP contribution in [0.25, 0.3) is 0 Å². The lowest BCUT2D eigenvalue weighted by atomic mass is 10.0. The van der Waals surface area contributed by atoms with Crippen molar-refractivity contribution in [2.24, 2.45) is 11.7 Å². The summed E-state index contributed by atoms with van der Waals surface area (Å²) < 4.78 is 0.450. The molecule has 1 heterocycles. The Morgan fingerprint density at radius 2 is 2.00 bits per heavy atom. The van der Waals surface area contributed by atoms with Crippen LogP contribution < -0.4 is 5.73 Å². The number of thioether (sulfide) groups is 1. The second kappa shape index (κ2) is 6.27. The van der Waals surface area contributed by atoms with Crippen molar-refractivity contribution in [1.82, 2.24) is 4.90 Å². The van der Waals surface area contributed by atoms with Crippen molar-refractivity contribution in [1.29, 1.82) is 0 Å². The van der Waals surface area contributed by atoms with Crippen molar-refractivity contribution < 1.29 is 0 Å². The fourth-order valence-electron chi connectivity index (χ4n) is 2.34. The van der Waals surface area contributed by atoms with E-state index in [9.17, 15) is 0 Å². The minimum absolute atomic E-state index is 0.450. The molecule has 0 spiro atoms. The Kier molecular flexibility index (Phi) is 5.62. The summed E-state index contributed by atoms with van der Waals surface area (Å²) in [6.07, 6.45) is 2.52. The molecule has 0 aromatic rings. The maximum Gasteiger partial charge on any atom is 0.0221 e. The van der Waals surface area contributed by atoms with Crippen LogP contribution in [0, 0.1) is 5.92 Å². The van der Waals surface area contributed by atoms with E-state index in [1.165, 1.54) is 31.7 Å². The van der Waals surface area contributed by atoms with Crippen LogP contribution in [0.2, 0.25) is 0 Å². The summed E-state index contributed by atoms with van der Waals surface area (Å²) in [5.74, 6) is 2.00. The van der Waals surface area contributed by atoms with Crippen molar-refractivity contribution >= 4 is 11.8 Å². The monoisotopic (exact) mass is 244 g/mol. The summed E-state index contributed by atoms with van der Waals surface area (Å²) >= 11 is 2.11. The molecule has 1 rings (SSSR count). The standard InChI is InChI=1S/C13H28N2S/c1-11(2)9-12(10-14)15-6-5-13(3,4)16-8-7-15/h11-12H,5-10,14H2,1-4H3. The van der Waals surface area contributed by atoms with Crippen molar-refractivity contribution in [3.05, 3.63) is 0 Å². The van der Waals surface area contributed by atoms with Gasteiger partial charge in [0, 0.05) is 29.6 Å². The molecule has 16 heavy (non-hydrogen) atoms. The van der Waals surface area contributed by atoms with Crippen LogP contribution in [0.5, 0.6) is 0 Å². The zero-order chi connectivity index (χ0) is 12.2. The van der Waals surface area contributed by atoms with E-state index in [0.717, 1.165) is 12.5 Å². The Hall–Kier alpha value is 0.270. The Morgan fingerprint density at radius 3 is 2.56 bits per heavy atom. The quantitative estimate of drug-likeness (QED) is 0.824. The molecule has 1 aliphatic rings. The Balaban J connectivity index is 2.51. The van der Waals surface area contributed by atoms with Gasteiger partial charge in [0.1, 0.15) is 0 Å². The molecule has 0 aromatic heterocycles. The number of nitrogens with two attached hydrogens (primary N) is 1. The van der Waals surface area contributed by atoms with E-state index in [1.807, 2.05) is 0 Å². The zero-order valence-corrected chi connectivity index (χ0v) is 12.1. The molecule has 2 N–H and O–H groups in total. The third kappa shape index (κ3) is 4.64. The summed E-state index contributed by atoms with van der Waals surface area (Å²) in [4.78, 5) is 2.61. The fraction of sp³-hybridized carbons (Fsp3) is 1.00. The highest BCUT2D eigenvalue weighted by atomic mass is 32.2. The van der Waals surface area contributed by atoms with Gasteiger partial charge >= 0.3 is 0 Å². The van der Waals surface area contributed by atoms with Gasteiger partial charge in [0.05, 0.1) is 0 Å². The zero-order valence-electron chi connectivity index (χ0n) is 11.3. The predicted octanol–water partition coefficient (Wildman–Crippen LogP) is 2.58. The molecule has 96 valence electrons. The molecule has 1 saturated heterocycles. The normalized spacial score (nSPS) is 24.4. The van der Waals surface area contributed by atoms with Crippen LogP contribution in [0.1, 0.15) is 40.5 Å². The van der Waals surface area contributed by atoms with Gasteiger partial charge in [-0.2, -0.15) is 11.8 Å². The maximum atomic E-state index is 5.92. The number of rotatable bonds is 4. The summed E-state index contributed by atoms with van der Waals surface area (Å²) in [6.45, 7) is 12.5. The molecule has 1 unspecified atom stereocenters. The van der Waals surface area contributed by atoms with Crippen molar-refractivity contribution in [2.45, 2.75) is 51.3 Å². The van der Waals surface area contributed by atoms with Crippen molar-refractivity contribution in [3.8, 4) is 0 Å². The average molecular weight is 244 g/mol. The first-order valence-corrected chi connectivity index (χ1v) is 7.51. The second-order valence-corrected chi connectivity index (χ2v) is 7.72. The number of hydrogen-bond acceptors (Lipinski definition) is 3. The molecular weight excluding hydrogens is 216 g/mol. The van der Waals surface area contributed by atoms with Gasteiger partial charge in [-0.1, -0.05) is 27.7 Å². The minimum atomic E-state index is 0.450. The first kappa shape index (κ1) is 14.3. The third-order valence-corrected chi connectivity index (χ3v) is 4.78. The molecule has 3 heteroatoms. The molecule has 1 aliphatic heterocycles. The summed E-state index contributed by atoms with van der Waals surface area (Å²) in [7, 11) is 0. The van der Waals surface area contributed by atoms with Crippen LogP contribution >= 0.6 is 11.8 Å². The lowest BCUT2D eigenvalue weighted by molar-refractivity contribution is 0.185. The summed E-state index contributed by atoms with van der Waals surface area (Å²) in [5, 5.41) is 0. The van der Waals surface area contributed by atoms with Crippen LogP contribution in [0.3, 0.4) is 0 Å². The first-order chi connectivity index (χ1) is 7.44. The minimum Gasteiger partial charge on any atom is -0.329 e.